The van der Waals surface area contributed by atoms with E-state index >= 15 is 0 Å². The average molecular weight is 243 g/mol. The van der Waals surface area contributed by atoms with Crippen molar-refractivity contribution in [2.24, 2.45) is 0 Å². The summed E-state index contributed by atoms with van der Waals surface area (Å²) in [7, 11) is 0. The van der Waals surface area contributed by atoms with Crippen LogP contribution >= 0.6 is 11.3 Å². The molecule has 0 amide bonds. The number of nitrogens with two attached hydrogens (primary N) is 1. The van der Waals surface area contributed by atoms with Gasteiger partial charge in [-0.3, -0.25) is 0 Å². The molecule has 0 aliphatic heterocycles. The second-order valence-electron chi connectivity index (χ2n) is 3.52. The standard InChI is InChI=1S/C11H9N5S/c12-8-3-1-2-7(4-8)10-6-17-11(14-10)9-5-13-16-15-9/h1-6H,12H2,(H,13,15,16). The van der Waals surface area contributed by atoms with Crippen molar-refractivity contribution < 1.29 is 0 Å². The Bertz CT molecular complexity index is 629. The number of anilines is 1. The van der Waals surface area contributed by atoms with Crippen LogP contribution in [0.1, 0.15) is 0 Å². The molecule has 5 nitrogen and oxygen atoms in total. The minimum Gasteiger partial charge on any atom is -0.399 e. The first-order valence-electron chi connectivity index (χ1n) is 5.00. The molecule has 0 atom stereocenters. The van der Waals surface area contributed by atoms with Crippen molar-refractivity contribution in [3.8, 4) is 22.0 Å². The molecular weight excluding hydrogens is 234 g/mol. The molecule has 0 unspecified atom stereocenters. The lowest BCUT2D eigenvalue weighted by Crippen LogP contribution is -1.85. The summed E-state index contributed by atoms with van der Waals surface area (Å²) in [6, 6.07) is 7.66. The van der Waals surface area contributed by atoms with Crippen LogP contribution < -0.4 is 5.73 Å². The Hall–Kier alpha value is -2.21. The van der Waals surface area contributed by atoms with Gasteiger partial charge in [0.1, 0.15) is 10.7 Å². The minimum atomic E-state index is 0.735. The number of H-pyrrole nitrogens is 1. The predicted molar refractivity (Wildman–Crippen MR) is 67.3 cm³/mol. The topological polar surface area (TPSA) is 80.5 Å². The van der Waals surface area contributed by atoms with E-state index < -0.39 is 0 Å². The Morgan fingerprint density at radius 1 is 1.24 bits per heavy atom. The van der Waals surface area contributed by atoms with Crippen molar-refractivity contribution in [2.45, 2.75) is 0 Å². The van der Waals surface area contributed by atoms with Gasteiger partial charge in [-0.2, -0.15) is 15.4 Å². The lowest BCUT2D eigenvalue weighted by atomic mass is 10.1. The smallest absolute Gasteiger partial charge is 0.146 e. The molecular formula is C11H9N5S. The van der Waals surface area contributed by atoms with E-state index in [0.717, 1.165) is 27.6 Å². The van der Waals surface area contributed by atoms with Gasteiger partial charge in [0.25, 0.3) is 0 Å². The van der Waals surface area contributed by atoms with Crippen molar-refractivity contribution in [1.82, 2.24) is 20.4 Å². The monoisotopic (exact) mass is 243 g/mol. The number of hydrogen-bond acceptors (Lipinski definition) is 5. The van der Waals surface area contributed by atoms with Crippen LogP contribution in [-0.4, -0.2) is 20.4 Å². The quantitative estimate of drug-likeness (QED) is 0.676. The summed E-state index contributed by atoms with van der Waals surface area (Å²) in [5.74, 6) is 0. The van der Waals surface area contributed by atoms with Crippen LogP contribution in [0.3, 0.4) is 0 Å². The van der Waals surface area contributed by atoms with Gasteiger partial charge in [-0.15, -0.1) is 11.3 Å². The zero-order valence-corrected chi connectivity index (χ0v) is 9.61. The average Bonchev–Trinajstić information content (AvgIpc) is 3.00. The maximum Gasteiger partial charge on any atom is 0.146 e. The lowest BCUT2D eigenvalue weighted by Gasteiger charge is -1.97. The Kier molecular flexibility index (Phi) is 2.34. The number of nitrogen functional groups attached to an aromatic ring is 1. The van der Waals surface area contributed by atoms with Gasteiger partial charge in [0.05, 0.1) is 11.9 Å². The van der Waals surface area contributed by atoms with Gasteiger partial charge >= 0.3 is 0 Å². The first-order chi connectivity index (χ1) is 8.33. The molecule has 0 bridgehead atoms. The molecule has 84 valence electrons. The third kappa shape index (κ3) is 1.90. The molecule has 0 saturated heterocycles. The first kappa shape index (κ1) is 9.98. The number of aromatic nitrogens is 4. The number of hydrogen-bond donors (Lipinski definition) is 2. The summed E-state index contributed by atoms with van der Waals surface area (Å²) in [6.07, 6.45) is 1.65. The zero-order chi connectivity index (χ0) is 11.7. The fourth-order valence-electron chi connectivity index (χ4n) is 1.53. The molecule has 6 heteroatoms. The second kappa shape index (κ2) is 3.99. The van der Waals surface area contributed by atoms with Gasteiger partial charge < -0.3 is 5.73 Å². The highest BCUT2D eigenvalue weighted by Gasteiger charge is 2.08. The van der Waals surface area contributed by atoms with E-state index in [1.807, 2.05) is 29.6 Å². The van der Waals surface area contributed by atoms with E-state index in [1.54, 1.807) is 6.20 Å². The Morgan fingerprint density at radius 3 is 2.94 bits per heavy atom. The largest absolute Gasteiger partial charge is 0.399 e. The first-order valence-corrected chi connectivity index (χ1v) is 5.88. The third-order valence-corrected chi connectivity index (χ3v) is 3.19. The van der Waals surface area contributed by atoms with Gasteiger partial charge in [-0.05, 0) is 12.1 Å². The molecule has 0 radical (unpaired) electrons. The van der Waals surface area contributed by atoms with E-state index in [2.05, 4.69) is 20.4 Å². The molecule has 1 aromatic carbocycles. The number of aromatic amines is 1. The molecule has 2 aromatic heterocycles. The molecule has 0 fully saturated rings. The molecule has 3 N–H and O–H groups in total. The van der Waals surface area contributed by atoms with Crippen molar-refractivity contribution >= 4 is 17.0 Å². The lowest BCUT2D eigenvalue weighted by molar-refractivity contribution is 0.942. The summed E-state index contributed by atoms with van der Waals surface area (Å²) in [4.78, 5) is 4.50. The van der Waals surface area contributed by atoms with Crippen LogP contribution in [0.2, 0.25) is 0 Å². The van der Waals surface area contributed by atoms with Crippen molar-refractivity contribution in [2.75, 3.05) is 5.73 Å². The Morgan fingerprint density at radius 2 is 2.18 bits per heavy atom. The predicted octanol–water partition coefficient (Wildman–Crippen LogP) is 2.18. The molecule has 0 spiro atoms. The van der Waals surface area contributed by atoms with Crippen LogP contribution in [0.5, 0.6) is 0 Å². The summed E-state index contributed by atoms with van der Waals surface area (Å²) < 4.78 is 0. The molecule has 17 heavy (non-hydrogen) atoms. The maximum absolute atomic E-state index is 5.75. The van der Waals surface area contributed by atoms with Crippen LogP contribution in [0.4, 0.5) is 5.69 Å². The van der Waals surface area contributed by atoms with Gasteiger partial charge in [-0.25, -0.2) is 4.98 Å². The van der Waals surface area contributed by atoms with Crippen LogP contribution in [-0.2, 0) is 0 Å². The highest BCUT2D eigenvalue weighted by atomic mass is 32.1. The molecule has 3 rings (SSSR count). The molecule has 3 aromatic rings. The number of nitrogens with one attached hydrogen (secondary N) is 1. The number of benzene rings is 1. The van der Waals surface area contributed by atoms with E-state index in [4.69, 9.17) is 5.73 Å². The van der Waals surface area contributed by atoms with Gasteiger partial charge in [0.15, 0.2) is 0 Å². The van der Waals surface area contributed by atoms with Gasteiger partial charge in [0.2, 0.25) is 0 Å². The fourth-order valence-corrected chi connectivity index (χ4v) is 2.31. The zero-order valence-electron chi connectivity index (χ0n) is 8.79. The minimum absolute atomic E-state index is 0.735. The number of thiazole rings is 1. The van der Waals surface area contributed by atoms with E-state index in [-0.39, 0.29) is 0 Å². The highest BCUT2D eigenvalue weighted by Crippen LogP contribution is 2.27. The van der Waals surface area contributed by atoms with Crippen LogP contribution in [0.15, 0.2) is 35.8 Å². The SMILES string of the molecule is Nc1cccc(-c2csc(-c3cn[nH]n3)n2)c1. The third-order valence-electron chi connectivity index (χ3n) is 2.32. The molecule has 2 heterocycles. The number of rotatable bonds is 2. The molecule has 0 aliphatic rings. The number of nitrogens with zero attached hydrogens (tertiary/aromatic N) is 3. The summed E-state index contributed by atoms with van der Waals surface area (Å²) in [5.41, 5.74) is 9.15. The van der Waals surface area contributed by atoms with Gasteiger partial charge in [-0.1, -0.05) is 12.1 Å². The van der Waals surface area contributed by atoms with E-state index in [9.17, 15) is 0 Å². The second-order valence-corrected chi connectivity index (χ2v) is 4.38. The summed E-state index contributed by atoms with van der Waals surface area (Å²) >= 11 is 1.53. The Labute approximate surface area is 101 Å². The normalized spacial score (nSPS) is 10.6. The van der Waals surface area contributed by atoms with Crippen molar-refractivity contribution in [3.63, 3.8) is 0 Å². The Balaban J connectivity index is 2.01. The highest BCUT2D eigenvalue weighted by molar-refractivity contribution is 7.13. The summed E-state index contributed by atoms with van der Waals surface area (Å²) in [5, 5.41) is 13.2. The van der Waals surface area contributed by atoms with E-state index in [0.29, 0.717) is 0 Å². The van der Waals surface area contributed by atoms with Crippen molar-refractivity contribution in [3.05, 3.63) is 35.8 Å². The molecule has 0 aliphatic carbocycles. The molecule has 0 saturated carbocycles. The van der Waals surface area contributed by atoms with Crippen LogP contribution in [0, 0.1) is 0 Å². The van der Waals surface area contributed by atoms with Crippen LogP contribution in [0.25, 0.3) is 22.0 Å². The fraction of sp³-hybridized carbons (Fsp3) is 0. The van der Waals surface area contributed by atoms with E-state index in [1.165, 1.54) is 11.3 Å². The van der Waals surface area contributed by atoms with Gasteiger partial charge in [0, 0.05) is 16.6 Å². The maximum atomic E-state index is 5.75. The summed E-state index contributed by atoms with van der Waals surface area (Å²) in [6.45, 7) is 0. The van der Waals surface area contributed by atoms with Crippen molar-refractivity contribution in [1.29, 1.82) is 0 Å².